The molecule has 5 nitrogen and oxygen atoms in total. The van der Waals surface area contributed by atoms with E-state index in [1.165, 1.54) is 25.7 Å². The monoisotopic (exact) mass is 331 g/mol. The van der Waals surface area contributed by atoms with Gasteiger partial charge in [0.2, 0.25) is 0 Å². The number of benzene rings is 1. The number of carbonyl (C=O) groups excluding carboxylic acids is 2. The summed E-state index contributed by atoms with van der Waals surface area (Å²) >= 11 is 0. The largest absolute Gasteiger partial charge is 0.349 e. The zero-order chi connectivity index (χ0) is 17.2. The van der Waals surface area contributed by atoms with Gasteiger partial charge in [-0.05, 0) is 43.5 Å². The van der Waals surface area contributed by atoms with Crippen molar-refractivity contribution in [3.05, 3.63) is 29.8 Å². The number of hydrogen-bond acceptors (Lipinski definition) is 2. The van der Waals surface area contributed by atoms with Gasteiger partial charge in [0.1, 0.15) is 0 Å². The molecule has 0 unspecified atom stereocenters. The Morgan fingerprint density at radius 1 is 1.04 bits per heavy atom. The molecule has 0 aliphatic heterocycles. The summed E-state index contributed by atoms with van der Waals surface area (Å²) in [6.45, 7) is 2.85. The lowest BCUT2D eigenvalue weighted by atomic mass is 10.1. The number of urea groups is 1. The molecule has 0 spiro atoms. The molecule has 1 saturated carbocycles. The third-order valence-corrected chi connectivity index (χ3v) is 4.41. The van der Waals surface area contributed by atoms with E-state index in [-0.39, 0.29) is 11.9 Å². The highest BCUT2D eigenvalue weighted by molar-refractivity contribution is 5.95. The Hall–Kier alpha value is -2.04. The molecule has 0 bridgehead atoms. The molecular formula is C19H29N3O2. The van der Waals surface area contributed by atoms with Gasteiger partial charge in [-0.3, -0.25) is 4.79 Å². The van der Waals surface area contributed by atoms with Crippen molar-refractivity contribution < 1.29 is 9.59 Å². The van der Waals surface area contributed by atoms with E-state index in [9.17, 15) is 9.59 Å². The van der Waals surface area contributed by atoms with Gasteiger partial charge in [0.05, 0.1) is 0 Å². The molecule has 3 amide bonds. The second kappa shape index (κ2) is 9.96. The van der Waals surface area contributed by atoms with E-state index < -0.39 is 0 Å². The topological polar surface area (TPSA) is 70.2 Å². The number of hydrogen-bond donors (Lipinski definition) is 3. The van der Waals surface area contributed by atoms with Crippen LogP contribution in [0.25, 0.3) is 0 Å². The molecule has 132 valence electrons. The highest BCUT2D eigenvalue weighted by atomic mass is 16.2. The van der Waals surface area contributed by atoms with Gasteiger partial charge in [-0.1, -0.05) is 39.0 Å². The molecule has 0 heterocycles. The summed E-state index contributed by atoms with van der Waals surface area (Å²) < 4.78 is 0. The maximum absolute atomic E-state index is 12.2. The van der Waals surface area contributed by atoms with Crippen molar-refractivity contribution in [1.82, 2.24) is 10.6 Å². The van der Waals surface area contributed by atoms with Crippen molar-refractivity contribution in [1.29, 1.82) is 0 Å². The van der Waals surface area contributed by atoms with E-state index in [0.717, 1.165) is 25.7 Å². The zero-order valence-corrected chi connectivity index (χ0v) is 14.6. The van der Waals surface area contributed by atoms with E-state index in [4.69, 9.17) is 0 Å². The molecule has 0 radical (unpaired) electrons. The van der Waals surface area contributed by atoms with Crippen molar-refractivity contribution in [2.24, 2.45) is 0 Å². The smallest absolute Gasteiger partial charge is 0.319 e. The Kier molecular flexibility index (Phi) is 7.59. The van der Waals surface area contributed by atoms with Gasteiger partial charge in [0, 0.05) is 23.8 Å². The Balaban J connectivity index is 1.72. The molecule has 1 aliphatic carbocycles. The summed E-state index contributed by atoms with van der Waals surface area (Å²) in [6, 6.07) is 7.14. The summed E-state index contributed by atoms with van der Waals surface area (Å²) in [6.07, 6.45) is 9.07. The van der Waals surface area contributed by atoms with E-state index >= 15 is 0 Å². The molecule has 1 fully saturated rings. The second-order valence-corrected chi connectivity index (χ2v) is 6.47. The highest BCUT2D eigenvalue weighted by Crippen LogP contribution is 2.18. The molecule has 24 heavy (non-hydrogen) atoms. The van der Waals surface area contributed by atoms with Crippen molar-refractivity contribution in [2.45, 2.75) is 64.3 Å². The first-order chi connectivity index (χ1) is 11.7. The van der Waals surface area contributed by atoms with E-state index in [2.05, 4.69) is 22.9 Å². The van der Waals surface area contributed by atoms with Gasteiger partial charge in [-0.2, -0.15) is 0 Å². The summed E-state index contributed by atoms with van der Waals surface area (Å²) in [4.78, 5) is 23.9. The fourth-order valence-electron chi connectivity index (χ4n) is 2.97. The lowest BCUT2D eigenvalue weighted by Gasteiger charge is -2.12. The molecule has 0 aromatic heterocycles. The normalized spacial score (nSPS) is 14.4. The second-order valence-electron chi connectivity index (χ2n) is 6.47. The first-order valence-electron chi connectivity index (χ1n) is 9.15. The lowest BCUT2D eigenvalue weighted by molar-refractivity contribution is 0.0938. The summed E-state index contributed by atoms with van der Waals surface area (Å²) in [5.74, 6) is -0.0335. The van der Waals surface area contributed by atoms with Crippen LogP contribution in [0.3, 0.4) is 0 Å². The van der Waals surface area contributed by atoms with Crippen molar-refractivity contribution in [3.8, 4) is 0 Å². The fraction of sp³-hybridized carbons (Fsp3) is 0.579. The molecule has 1 aromatic rings. The highest BCUT2D eigenvalue weighted by Gasteiger charge is 2.17. The van der Waals surface area contributed by atoms with Crippen LogP contribution in [0.4, 0.5) is 10.5 Å². The van der Waals surface area contributed by atoms with Crippen LogP contribution in [0.5, 0.6) is 0 Å². The third kappa shape index (κ3) is 6.22. The minimum atomic E-state index is -0.199. The van der Waals surface area contributed by atoms with E-state index in [1.807, 2.05) is 0 Å². The van der Waals surface area contributed by atoms with Gasteiger partial charge >= 0.3 is 6.03 Å². The number of carbonyl (C=O) groups is 2. The minimum Gasteiger partial charge on any atom is -0.349 e. The molecule has 3 N–H and O–H groups in total. The van der Waals surface area contributed by atoms with Crippen LogP contribution in [-0.2, 0) is 0 Å². The van der Waals surface area contributed by atoms with Gasteiger partial charge < -0.3 is 16.0 Å². The molecule has 0 saturated heterocycles. The van der Waals surface area contributed by atoms with E-state index in [1.54, 1.807) is 24.3 Å². The zero-order valence-electron chi connectivity index (χ0n) is 14.6. The number of rotatable bonds is 8. The van der Waals surface area contributed by atoms with Crippen LogP contribution < -0.4 is 16.0 Å². The fourth-order valence-corrected chi connectivity index (χ4v) is 2.97. The Morgan fingerprint density at radius 2 is 1.75 bits per heavy atom. The maximum atomic E-state index is 12.2. The van der Waals surface area contributed by atoms with Gasteiger partial charge in [0.15, 0.2) is 0 Å². The van der Waals surface area contributed by atoms with Crippen LogP contribution in [0, 0.1) is 0 Å². The lowest BCUT2D eigenvalue weighted by Crippen LogP contribution is -2.32. The summed E-state index contributed by atoms with van der Waals surface area (Å²) in [5, 5.41) is 8.70. The van der Waals surface area contributed by atoms with Crippen LogP contribution in [0.1, 0.15) is 68.6 Å². The van der Waals surface area contributed by atoms with Crippen LogP contribution in [0.15, 0.2) is 24.3 Å². The molecule has 2 rings (SSSR count). The first-order valence-corrected chi connectivity index (χ1v) is 9.15. The van der Waals surface area contributed by atoms with E-state index in [0.29, 0.717) is 23.8 Å². The minimum absolute atomic E-state index is 0.0335. The SMILES string of the molecule is CCCCCCNC(=O)Nc1ccc(C(=O)NC2CCCC2)cc1. The standard InChI is InChI=1S/C19H29N3O2/c1-2-3-4-7-14-20-19(24)22-17-12-10-15(11-13-17)18(23)21-16-8-5-6-9-16/h10-13,16H,2-9,14H2,1H3,(H,21,23)(H2,20,22,24). The maximum Gasteiger partial charge on any atom is 0.319 e. The molecule has 0 atom stereocenters. The summed E-state index contributed by atoms with van der Waals surface area (Å²) in [7, 11) is 0. The number of unbranched alkanes of at least 4 members (excludes halogenated alkanes) is 3. The van der Waals surface area contributed by atoms with Crippen molar-refractivity contribution in [3.63, 3.8) is 0 Å². The summed E-state index contributed by atoms with van der Waals surface area (Å²) in [5.41, 5.74) is 1.32. The molecular weight excluding hydrogens is 302 g/mol. The molecule has 5 heteroatoms. The first kappa shape index (κ1) is 18.3. The Bertz CT molecular complexity index is 522. The van der Waals surface area contributed by atoms with Crippen LogP contribution in [0.2, 0.25) is 0 Å². The predicted molar refractivity (Wildman–Crippen MR) is 97.3 cm³/mol. The molecule has 1 aromatic carbocycles. The van der Waals surface area contributed by atoms with Crippen LogP contribution in [-0.4, -0.2) is 24.5 Å². The van der Waals surface area contributed by atoms with Gasteiger partial charge in [-0.15, -0.1) is 0 Å². The average molecular weight is 331 g/mol. The number of nitrogens with one attached hydrogen (secondary N) is 3. The molecule has 1 aliphatic rings. The third-order valence-electron chi connectivity index (χ3n) is 4.41. The van der Waals surface area contributed by atoms with Gasteiger partial charge in [0.25, 0.3) is 5.91 Å². The number of amides is 3. The quantitative estimate of drug-likeness (QED) is 0.629. The number of anilines is 1. The Morgan fingerprint density at radius 3 is 2.42 bits per heavy atom. The van der Waals surface area contributed by atoms with Crippen molar-refractivity contribution in [2.75, 3.05) is 11.9 Å². The van der Waals surface area contributed by atoms with Crippen molar-refractivity contribution >= 4 is 17.6 Å². The van der Waals surface area contributed by atoms with Gasteiger partial charge in [-0.25, -0.2) is 4.79 Å². The average Bonchev–Trinajstić information content (AvgIpc) is 3.08. The van der Waals surface area contributed by atoms with Crippen LogP contribution >= 0.6 is 0 Å². The Labute approximate surface area is 144 Å². The predicted octanol–water partition coefficient (Wildman–Crippen LogP) is 4.06.